The van der Waals surface area contributed by atoms with Crippen LogP contribution in [-0.2, 0) is 9.59 Å². The molecule has 9 nitrogen and oxygen atoms in total. The quantitative estimate of drug-likeness (QED) is 0.592. The van der Waals surface area contributed by atoms with Gasteiger partial charge in [0.15, 0.2) is 11.5 Å². The molecule has 0 aromatic heterocycles. The lowest BCUT2D eigenvalue weighted by Crippen LogP contribution is -2.38. The van der Waals surface area contributed by atoms with Crippen molar-refractivity contribution >= 4 is 29.6 Å². The van der Waals surface area contributed by atoms with Gasteiger partial charge in [0.05, 0.1) is 12.8 Å². The highest BCUT2D eigenvalue weighted by molar-refractivity contribution is 6.16. The van der Waals surface area contributed by atoms with E-state index < -0.39 is 24.4 Å². The van der Waals surface area contributed by atoms with E-state index in [9.17, 15) is 14.4 Å². The van der Waals surface area contributed by atoms with Gasteiger partial charge < -0.3 is 24.8 Å². The fraction of sp³-hybridized carbons (Fsp3) is 0.150. The van der Waals surface area contributed by atoms with Gasteiger partial charge in [0.25, 0.3) is 5.91 Å². The molecule has 4 rings (SSSR count). The Morgan fingerprint density at radius 2 is 2.00 bits per heavy atom. The maximum atomic E-state index is 12.6. The number of methoxy groups -OCH3 is 1. The highest BCUT2D eigenvalue weighted by Crippen LogP contribution is 2.33. The van der Waals surface area contributed by atoms with Gasteiger partial charge in [0.2, 0.25) is 12.7 Å². The van der Waals surface area contributed by atoms with E-state index >= 15 is 0 Å². The van der Waals surface area contributed by atoms with E-state index in [1.807, 2.05) is 0 Å². The normalized spacial score (nSPS) is 16.2. The van der Waals surface area contributed by atoms with Crippen molar-refractivity contribution in [1.82, 2.24) is 10.2 Å². The summed E-state index contributed by atoms with van der Waals surface area (Å²) < 4.78 is 15.7. The predicted octanol–water partition coefficient (Wildman–Crippen LogP) is 1.96. The molecule has 9 heteroatoms. The predicted molar refractivity (Wildman–Crippen MR) is 102 cm³/mol. The number of urea groups is 1. The summed E-state index contributed by atoms with van der Waals surface area (Å²) in [5.74, 6) is 0.527. The molecular formula is C20H17N3O6. The smallest absolute Gasteiger partial charge is 0.329 e. The lowest BCUT2D eigenvalue weighted by atomic mass is 10.1. The molecule has 0 spiro atoms. The largest absolute Gasteiger partial charge is 0.495 e. The number of ether oxygens (including phenoxy) is 3. The second-order valence-corrected chi connectivity index (χ2v) is 6.24. The Morgan fingerprint density at radius 1 is 1.21 bits per heavy atom. The molecule has 1 saturated heterocycles. The third-order valence-corrected chi connectivity index (χ3v) is 4.35. The highest BCUT2D eigenvalue weighted by atomic mass is 16.7. The van der Waals surface area contributed by atoms with E-state index in [2.05, 4.69) is 10.6 Å². The summed E-state index contributed by atoms with van der Waals surface area (Å²) in [5, 5.41) is 5.12. The number of amides is 4. The summed E-state index contributed by atoms with van der Waals surface area (Å²) in [4.78, 5) is 37.9. The van der Waals surface area contributed by atoms with Crippen LogP contribution in [0.4, 0.5) is 10.5 Å². The van der Waals surface area contributed by atoms with Gasteiger partial charge in [-0.1, -0.05) is 18.2 Å². The number of benzene rings is 2. The number of rotatable bonds is 5. The zero-order valence-electron chi connectivity index (χ0n) is 15.4. The SMILES string of the molecule is COc1ccccc1NC(=O)CN1C(=O)N/C(=C/c2ccc3c(c2)OCO3)C1=O. The first-order valence-electron chi connectivity index (χ1n) is 8.72. The number of imide groups is 1. The van der Waals surface area contributed by atoms with Crippen molar-refractivity contribution in [3.05, 3.63) is 53.7 Å². The molecule has 2 aromatic rings. The molecule has 2 aliphatic rings. The summed E-state index contributed by atoms with van der Waals surface area (Å²) in [7, 11) is 1.48. The van der Waals surface area contributed by atoms with E-state index in [-0.39, 0.29) is 12.5 Å². The van der Waals surface area contributed by atoms with Crippen molar-refractivity contribution in [1.29, 1.82) is 0 Å². The van der Waals surface area contributed by atoms with Crippen LogP contribution in [0.15, 0.2) is 48.2 Å². The molecular weight excluding hydrogens is 378 g/mol. The number of anilines is 1. The fourth-order valence-electron chi connectivity index (χ4n) is 2.97. The Balaban J connectivity index is 1.46. The molecule has 29 heavy (non-hydrogen) atoms. The lowest BCUT2D eigenvalue weighted by molar-refractivity contribution is -0.127. The van der Waals surface area contributed by atoms with Gasteiger partial charge in [-0.15, -0.1) is 0 Å². The van der Waals surface area contributed by atoms with E-state index in [1.165, 1.54) is 13.2 Å². The Kier molecular flexibility index (Phi) is 4.78. The topological polar surface area (TPSA) is 106 Å². The van der Waals surface area contributed by atoms with Crippen molar-refractivity contribution in [3.8, 4) is 17.2 Å². The second-order valence-electron chi connectivity index (χ2n) is 6.24. The Hall–Kier alpha value is -4.01. The van der Waals surface area contributed by atoms with E-state index in [4.69, 9.17) is 14.2 Å². The van der Waals surface area contributed by atoms with Crippen molar-refractivity contribution < 1.29 is 28.6 Å². The first-order valence-corrected chi connectivity index (χ1v) is 8.72. The molecule has 0 radical (unpaired) electrons. The minimum absolute atomic E-state index is 0.0685. The zero-order valence-corrected chi connectivity index (χ0v) is 15.4. The first-order chi connectivity index (χ1) is 14.0. The summed E-state index contributed by atoms with van der Waals surface area (Å²) in [6, 6.07) is 11.3. The van der Waals surface area contributed by atoms with Crippen LogP contribution in [0.1, 0.15) is 5.56 Å². The Morgan fingerprint density at radius 3 is 2.83 bits per heavy atom. The van der Waals surface area contributed by atoms with Crippen molar-refractivity contribution in [2.45, 2.75) is 0 Å². The third kappa shape index (κ3) is 3.70. The minimum Gasteiger partial charge on any atom is -0.495 e. The van der Waals surface area contributed by atoms with Gasteiger partial charge >= 0.3 is 6.03 Å². The van der Waals surface area contributed by atoms with Gasteiger partial charge in [0, 0.05) is 0 Å². The molecule has 148 valence electrons. The van der Waals surface area contributed by atoms with Crippen LogP contribution >= 0.6 is 0 Å². The molecule has 2 aliphatic heterocycles. The van der Waals surface area contributed by atoms with Gasteiger partial charge in [-0.05, 0) is 35.9 Å². The number of carbonyl (C=O) groups is 3. The number of para-hydroxylation sites is 2. The van der Waals surface area contributed by atoms with Crippen LogP contribution in [0, 0.1) is 0 Å². The number of hydrogen-bond donors (Lipinski definition) is 2. The Labute approximate surface area is 165 Å². The highest BCUT2D eigenvalue weighted by Gasteiger charge is 2.35. The maximum absolute atomic E-state index is 12.6. The number of nitrogens with zero attached hydrogens (tertiary/aromatic N) is 1. The van der Waals surface area contributed by atoms with Crippen molar-refractivity contribution in [2.24, 2.45) is 0 Å². The number of fused-ring (bicyclic) bond motifs is 1. The van der Waals surface area contributed by atoms with Crippen molar-refractivity contribution in [2.75, 3.05) is 25.8 Å². The average Bonchev–Trinajstić information content (AvgIpc) is 3.28. The van der Waals surface area contributed by atoms with Crippen molar-refractivity contribution in [3.63, 3.8) is 0 Å². The molecule has 0 bridgehead atoms. The van der Waals surface area contributed by atoms with E-state index in [1.54, 1.807) is 42.5 Å². The van der Waals surface area contributed by atoms with Gasteiger partial charge in [-0.3, -0.25) is 9.59 Å². The lowest BCUT2D eigenvalue weighted by Gasteiger charge is -2.13. The molecule has 0 saturated carbocycles. The van der Waals surface area contributed by atoms with Gasteiger partial charge in [-0.2, -0.15) is 0 Å². The summed E-state index contributed by atoms with van der Waals surface area (Å²) in [6.45, 7) is -0.290. The molecule has 2 N–H and O–H groups in total. The molecule has 0 aliphatic carbocycles. The third-order valence-electron chi connectivity index (χ3n) is 4.35. The summed E-state index contributed by atoms with van der Waals surface area (Å²) in [6.07, 6.45) is 1.51. The molecule has 4 amide bonds. The Bertz CT molecular complexity index is 1030. The number of nitrogens with one attached hydrogen (secondary N) is 2. The maximum Gasteiger partial charge on any atom is 0.329 e. The van der Waals surface area contributed by atoms with Gasteiger partial charge in [-0.25, -0.2) is 9.69 Å². The standard InChI is InChI=1S/C20H17N3O6/c1-27-15-5-3-2-4-13(15)21-18(24)10-23-19(25)14(22-20(23)26)8-12-6-7-16-17(9-12)29-11-28-16/h2-9H,10-11H2,1H3,(H,21,24)(H,22,26)/b14-8+. The summed E-state index contributed by atoms with van der Waals surface area (Å²) >= 11 is 0. The molecule has 0 atom stereocenters. The van der Waals surface area contributed by atoms with Crippen LogP contribution in [0.5, 0.6) is 17.2 Å². The summed E-state index contributed by atoms with van der Waals surface area (Å²) in [5.41, 5.74) is 1.17. The first kappa shape index (κ1) is 18.4. The van der Waals surface area contributed by atoms with E-state index in [0.717, 1.165) is 4.90 Å². The number of hydrogen-bond acceptors (Lipinski definition) is 6. The monoisotopic (exact) mass is 395 g/mol. The van der Waals surface area contributed by atoms with Crippen LogP contribution in [0.25, 0.3) is 6.08 Å². The fourth-order valence-corrected chi connectivity index (χ4v) is 2.97. The molecule has 2 heterocycles. The van der Waals surface area contributed by atoms with Crippen LogP contribution < -0.4 is 24.8 Å². The van der Waals surface area contributed by atoms with Crippen LogP contribution in [0.2, 0.25) is 0 Å². The second kappa shape index (κ2) is 7.55. The number of carbonyl (C=O) groups excluding carboxylic acids is 3. The van der Waals surface area contributed by atoms with Crippen LogP contribution in [0.3, 0.4) is 0 Å². The molecule has 0 unspecified atom stereocenters. The minimum atomic E-state index is -0.669. The van der Waals surface area contributed by atoms with Gasteiger partial charge in [0.1, 0.15) is 18.0 Å². The van der Waals surface area contributed by atoms with Crippen LogP contribution in [-0.4, -0.2) is 43.2 Å². The molecule has 1 fully saturated rings. The zero-order chi connectivity index (χ0) is 20.4. The molecule has 2 aromatic carbocycles. The van der Waals surface area contributed by atoms with E-state index in [0.29, 0.717) is 28.5 Å². The average molecular weight is 395 g/mol.